The zero-order valence-corrected chi connectivity index (χ0v) is 13.4. The summed E-state index contributed by atoms with van der Waals surface area (Å²) in [7, 11) is 0. The van der Waals surface area contributed by atoms with Crippen molar-refractivity contribution >= 4 is 23.6 Å². The monoisotopic (exact) mass is 286 g/mol. The topological polar surface area (TPSA) is 49.4 Å². The highest BCUT2D eigenvalue weighted by Crippen LogP contribution is 2.20. The molecule has 0 aromatic rings. The predicted molar refractivity (Wildman–Crippen MR) is 80.2 cm³/mol. The SMILES string of the molecule is CSCCC(C)N1C(=O)C(CC(C)C)NC(=O)C1C. The maximum absolute atomic E-state index is 12.5. The van der Waals surface area contributed by atoms with E-state index in [-0.39, 0.29) is 29.9 Å². The average molecular weight is 286 g/mol. The van der Waals surface area contributed by atoms with Gasteiger partial charge in [0.1, 0.15) is 12.1 Å². The Morgan fingerprint density at radius 2 is 1.95 bits per heavy atom. The molecule has 3 atom stereocenters. The van der Waals surface area contributed by atoms with Crippen molar-refractivity contribution in [2.45, 2.75) is 58.7 Å². The first-order valence-electron chi connectivity index (χ1n) is 7.00. The van der Waals surface area contributed by atoms with E-state index in [0.717, 1.165) is 12.2 Å². The molecular formula is C14H26N2O2S. The number of carbonyl (C=O) groups excluding carboxylic acids is 2. The van der Waals surface area contributed by atoms with E-state index < -0.39 is 0 Å². The molecule has 1 heterocycles. The molecule has 19 heavy (non-hydrogen) atoms. The van der Waals surface area contributed by atoms with E-state index >= 15 is 0 Å². The second-order valence-corrected chi connectivity index (χ2v) is 6.73. The first kappa shape index (κ1) is 16.3. The Kier molecular flexibility index (Phi) is 6.17. The molecule has 4 nitrogen and oxygen atoms in total. The molecule has 1 aliphatic rings. The molecule has 0 saturated carbocycles. The van der Waals surface area contributed by atoms with Crippen molar-refractivity contribution in [1.82, 2.24) is 10.2 Å². The number of carbonyl (C=O) groups is 2. The quantitative estimate of drug-likeness (QED) is 0.811. The van der Waals surface area contributed by atoms with Crippen LogP contribution in [0.4, 0.5) is 0 Å². The first-order chi connectivity index (χ1) is 8.88. The second-order valence-electron chi connectivity index (χ2n) is 5.74. The third kappa shape index (κ3) is 4.13. The van der Waals surface area contributed by atoms with E-state index in [0.29, 0.717) is 12.3 Å². The Labute approximate surface area is 120 Å². The molecule has 1 rings (SSSR count). The minimum atomic E-state index is -0.354. The molecule has 0 aliphatic carbocycles. The van der Waals surface area contributed by atoms with E-state index in [9.17, 15) is 9.59 Å². The number of hydrogen-bond acceptors (Lipinski definition) is 3. The Morgan fingerprint density at radius 3 is 2.47 bits per heavy atom. The second kappa shape index (κ2) is 7.17. The van der Waals surface area contributed by atoms with Crippen LogP contribution in [0.25, 0.3) is 0 Å². The van der Waals surface area contributed by atoms with Crippen LogP contribution >= 0.6 is 11.8 Å². The van der Waals surface area contributed by atoms with Gasteiger partial charge in [0, 0.05) is 6.04 Å². The standard InChI is InChI=1S/C14H26N2O2S/c1-9(2)8-12-14(18)16(10(3)6-7-19-5)11(4)13(17)15-12/h9-12H,6-8H2,1-5H3,(H,15,17). The number of piperazine rings is 1. The van der Waals surface area contributed by atoms with Gasteiger partial charge in [0.05, 0.1) is 0 Å². The molecule has 0 spiro atoms. The number of rotatable bonds is 6. The van der Waals surface area contributed by atoms with Gasteiger partial charge in [-0.15, -0.1) is 0 Å². The number of amides is 2. The third-order valence-corrected chi connectivity index (χ3v) is 4.23. The molecule has 2 amide bonds. The fraction of sp³-hybridized carbons (Fsp3) is 0.857. The van der Waals surface area contributed by atoms with Crippen molar-refractivity contribution in [2.24, 2.45) is 5.92 Å². The van der Waals surface area contributed by atoms with Crippen LogP contribution in [0, 0.1) is 5.92 Å². The minimum Gasteiger partial charge on any atom is -0.343 e. The van der Waals surface area contributed by atoms with E-state index in [1.54, 1.807) is 16.7 Å². The van der Waals surface area contributed by atoms with E-state index in [1.807, 2.05) is 13.8 Å². The van der Waals surface area contributed by atoms with Crippen LogP contribution in [0.15, 0.2) is 0 Å². The van der Waals surface area contributed by atoms with Crippen molar-refractivity contribution in [2.75, 3.05) is 12.0 Å². The first-order valence-corrected chi connectivity index (χ1v) is 8.39. The van der Waals surface area contributed by atoms with Gasteiger partial charge in [-0.2, -0.15) is 11.8 Å². The van der Waals surface area contributed by atoms with Crippen molar-refractivity contribution < 1.29 is 9.59 Å². The van der Waals surface area contributed by atoms with Crippen LogP contribution in [0.2, 0.25) is 0 Å². The lowest BCUT2D eigenvalue weighted by Gasteiger charge is -2.41. The molecule has 3 unspecified atom stereocenters. The summed E-state index contributed by atoms with van der Waals surface area (Å²) >= 11 is 1.77. The third-order valence-electron chi connectivity index (χ3n) is 3.59. The Balaban J connectivity index is 2.80. The van der Waals surface area contributed by atoms with Crippen molar-refractivity contribution in [3.05, 3.63) is 0 Å². The van der Waals surface area contributed by atoms with Crippen LogP contribution in [0.5, 0.6) is 0 Å². The molecule has 110 valence electrons. The lowest BCUT2D eigenvalue weighted by atomic mass is 9.97. The highest BCUT2D eigenvalue weighted by atomic mass is 32.2. The predicted octanol–water partition coefficient (Wildman–Crippen LogP) is 1.89. The van der Waals surface area contributed by atoms with Crippen LogP contribution in [-0.2, 0) is 9.59 Å². The zero-order valence-electron chi connectivity index (χ0n) is 12.6. The van der Waals surface area contributed by atoms with E-state index in [2.05, 4.69) is 25.4 Å². The molecule has 0 bridgehead atoms. The number of nitrogens with zero attached hydrogens (tertiary/aromatic N) is 1. The summed E-state index contributed by atoms with van der Waals surface area (Å²) in [4.78, 5) is 26.3. The summed E-state index contributed by atoms with van der Waals surface area (Å²) in [6, 6.07) is -0.580. The van der Waals surface area contributed by atoms with Gasteiger partial charge in [-0.1, -0.05) is 13.8 Å². The van der Waals surface area contributed by atoms with Gasteiger partial charge in [-0.05, 0) is 44.6 Å². The molecular weight excluding hydrogens is 260 g/mol. The molecule has 0 radical (unpaired) electrons. The number of nitrogens with one attached hydrogen (secondary N) is 1. The smallest absolute Gasteiger partial charge is 0.246 e. The van der Waals surface area contributed by atoms with Crippen molar-refractivity contribution in [1.29, 1.82) is 0 Å². The maximum Gasteiger partial charge on any atom is 0.246 e. The minimum absolute atomic E-state index is 0.0266. The number of hydrogen-bond donors (Lipinski definition) is 1. The Hall–Kier alpha value is -0.710. The summed E-state index contributed by atoms with van der Waals surface area (Å²) in [5.41, 5.74) is 0. The van der Waals surface area contributed by atoms with Gasteiger partial charge in [-0.25, -0.2) is 0 Å². The van der Waals surface area contributed by atoms with Crippen LogP contribution in [-0.4, -0.2) is 46.8 Å². The molecule has 5 heteroatoms. The summed E-state index contributed by atoms with van der Waals surface area (Å²) in [5.74, 6) is 1.45. The molecule has 1 fully saturated rings. The summed E-state index contributed by atoms with van der Waals surface area (Å²) < 4.78 is 0. The van der Waals surface area contributed by atoms with Gasteiger partial charge in [0.25, 0.3) is 0 Å². The van der Waals surface area contributed by atoms with Crippen LogP contribution in [0.1, 0.15) is 40.5 Å². The normalized spacial score (nSPS) is 25.7. The van der Waals surface area contributed by atoms with Gasteiger partial charge in [-0.3, -0.25) is 9.59 Å². The molecule has 0 aromatic carbocycles. The largest absolute Gasteiger partial charge is 0.343 e. The number of thioether (sulfide) groups is 1. The summed E-state index contributed by atoms with van der Waals surface area (Å²) in [5, 5.41) is 2.85. The molecule has 1 N–H and O–H groups in total. The average Bonchev–Trinajstić information content (AvgIpc) is 2.33. The summed E-state index contributed by atoms with van der Waals surface area (Å²) in [6.45, 7) is 7.99. The van der Waals surface area contributed by atoms with Gasteiger partial charge < -0.3 is 10.2 Å². The van der Waals surface area contributed by atoms with Crippen LogP contribution < -0.4 is 5.32 Å². The maximum atomic E-state index is 12.5. The van der Waals surface area contributed by atoms with Gasteiger partial charge in [0.15, 0.2) is 0 Å². The highest BCUT2D eigenvalue weighted by molar-refractivity contribution is 7.98. The lowest BCUT2D eigenvalue weighted by Crippen LogP contribution is -2.64. The fourth-order valence-corrected chi connectivity index (χ4v) is 3.09. The zero-order chi connectivity index (χ0) is 14.6. The summed E-state index contributed by atoms with van der Waals surface area (Å²) in [6.07, 6.45) is 3.70. The van der Waals surface area contributed by atoms with Crippen molar-refractivity contribution in [3.8, 4) is 0 Å². The van der Waals surface area contributed by atoms with Gasteiger partial charge >= 0.3 is 0 Å². The molecule has 1 saturated heterocycles. The molecule has 0 aromatic heterocycles. The van der Waals surface area contributed by atoms with Crippen molar-refractivity contribution in [3.63, 3.8) is 0 Å². The fourth-order valence-electron chi connectivity index (χ4n) is 2.51. The van der Waals surface area contributed by atoms with E-state index in [4.69, 9.17) is 0 Å². The molecule has 1 aliphatic heterocycles. The highest BCUT2D eigenvalue weighted by Gasteiger charge is 2.40. The van der Waals surface area contributed by atoms with Gasteiger partial charge in [0.2, 0.25) is 11.8 Å². The lowest BCUT2D eigenvalue weighted by molar-refractivity contribution is -0.151. The van der Waals surface area contributed by atoms with Crippen LogP contribution in [0.3, 0.4) is 0 Å². The van der Waals surface area contributed by atoms with E-state index in [1.165, 1.54) is 0 Å². The Bertz CT molecular complexity index is 333. The Morgan fingerprint density at radius 1 is 1.32 bits per heavy atom.